The number of rotatable bonds is 6. The van der Waals surface area contributed by atoms with Gasteiger partial charge >= 0.3 is 0 Å². The predicted octanol–water partition coefficient (Wildman–Crippen LogP) is 4.23. The Morgan fingerprint density at radius 3 is 2.63 bits per heavy atom. The molecule has 6 heteroatoms. The Bertz CT molecular complexity index is 766. The number of nitrogens with zero attached hydrogens (tertiary/aromatic N) is 3. The summed E-state index contributed by atoms with van der Waals surface area (Å²) in [5, 5.41) is 4.14. The maximum absolute atomic E-state index is 12.3. The first-order valence-electron chi connectivity index (χ1n) is 9.65. The number of amides is 1. The molecule has 1 saturated carbocycles. The van der Waals surface area contributed by atoms with Crippen molar-refractivity contribution < 1.29 is 9.53 Å². The highest BCUT2D eigenvalue weighted by Gasteiger charge is 2.12. The molecule has 27 heavy (non-hydrogen) atoms. The number of hydrazone groups is 1. The lowest BCUT2D eigenvalue weighted by atomic mass is 10.0. The molecule has 0 spiro atoms. The zero-order valence-electron chi connectivity index (χ0n) is 15.7. The van der Waals surface area contributed by atoms with Crippen LogP contribution in [0.15, 0.2) is 41.8 Å². The maximum Gasteiger partial charge on any atom is 0.291 e. The largest absolute Gasteiger partial charge is 0.494 e. The Balaban J connectivity index is 1.62. The lowest BCUT2D eigenvalue weighted by molar-refractivity contribution is 0.0949. The molecule has 0 unspecified atom stereocenters. The van der Waals surface area contributed by atoms with Crippen molar-refractivity contribution in [2.45, 2.75) is 45.4 Å². The molecule has 142 valence electrons. The highest BCUT2D eigenvalue weighted by atomic mass is 16.5. The van der Waals surface area contributed by atoms with Crippen LogP contribution < -0.4 is 10.2 Å². The first-order chi connectivity index (χ1) is 13.3. The number of carbonyl (C=O) groups excluding carboxylic acids is 1. The average molecular weight is 366 g/mol. The molecule has 1 N–H and O–H groups in total. The third-order valence-corrected chi connectivity index (χ3v) is 4.68. The van der Waals surface area contributed by atoms with Crippen LogP contribution >= 0.6 is 0 Å². The number of ether oxygens (including phenoxy) is 1. The Morgan fingerprint density at radius 2 is 1.93 bits per heavy atom. The number of benzene rings is 1. The predicted molar refractivity (Wildman–Crippen MR) is 106 cm³/mol. The first-order valence-corrected chi connectivity index (χ1v) is 9.65. The summed E-state index contributed by atoms with van der Waals surface area (Å²) in [4.78, 5) is 20.9. The molecule has 2 aromatic rings. The minimum Gasteiger partial charge on any atom is -0.494 e. The van der Waals surface area contributed by atoms with Gasteiger partial charge in [-0.2, -0.15) is 5.10 Å². The molecule has 1 aliphatic rings. The molecule has 1 aromatic heterocycles. The second kappa shape index (κ2) is 9.80. The van der Waals surface area contributed by atoms with Gasteiger partial charge in [0.1, 0.15) is 11.4 Å². The second-order valence-electron chi connectivity index (χ2n) is 6.72. The number of hydrogen-bond acceptors (Lipinski definition) is 5. The summed E-state index contributed by atoms with van der Waals surface area (Å²) in [5.74, 6) is 0.908. The molecule has 0 saturated heterocycles. The number of aromatic nitrogens is 2. The van der Waals surface area contributed by atoms with Crippen LogP contribution in [0.1, 0.15) is 55.9 Å². The highest BCUT2D eigenvalue weighted by molar-refractivity contribution is 5.92. The summed E-state index contributed by atoms with van der Waals surface area (Å²) in [6, 6.07) is 7.57. The first kappa shape index (κ1) is 19.0. The van der Waals surface area contributed by atoms with Crippen molar-refractivity contribution in [2.24, 2.45) is 11.0 Å². The molecule has 0 aliphatic heterocycles. The summed E-state index contributed by atoms with van der Waals surface area (Å²) >= 11 is 0. The molecule has 1 aliphatic carbocycles. The topological polar surface area (TPSA) is 76.5 Å². The van der Waals surface area contributed by atoms with Crippen LogP contribution in [0.2, 0.25) is 0 Å². The van der Waals surface area contributed by atoms with E-state index in [4.69, 9.17) is 4.74 Å². The van der Waals surface area contributed by atoms with Crippen molar-refractivity contribution in [3.05, 3.63) is 42.4 Å². The van der Waals surface area contributed by atoms with Crippen molar-refractivity contribution in [1.29, 1.82) is 0 Å². The average Bonchev–Trinajstić information content (AvgIpc) is 2.98. The van der Waals surface area contributed by atoms with E-state index in [2.05, 4.69) is 20.5 Å². The van der Waals surface area contributed by atoms with Crippen LogP contribution in [0.5, 0.6) is 5.75 Å². The van der Waals surface area contributed by atoms with Gasteiger partial charge < -0.3 is 4.74 Å². The zero-order valence-corrected chi connectivity index (χ0v) is 15.7. The SMILES string of the molecule is CCOc1ccc(-c2cncc(C(=O)NN=CC3CCCCCC3)n2)cc1. The van der Waals surface area contributed by atoms with Crippen LogP contribution in [-0.2, 0) is 0 Å². The maximum atomic E-state index is 12.3. The quantitative estimate of drug-likeness (QED) is 0.471. The highest BCUT2D eigenvalue weighted by Crippen LogP contribution is 2.22. The third kappa shape index (κ3) is 5.61. The van der Waals surface area contributed by atoms with Crippen molar-refractivity contribution in [3.8, 4) is 17.0 Å². The third-order valence-electron chi connectivity index (χ3n) is 4.68. The molecular formula is C21H26N4O2. The van der Waals surface area contributed by atoms with Gasteiger partial charge in [0.2, 0.25) is 0 Å². The Kier molecular flexibility index (Phi) is 6.90. The fourth-order valence-electron chi connectivity index (χ4n) is 3.22. The normalized spacial score (nSPS) is 15.4. The zero-order chi connectivity index (χ0) is 18.9. The Morgan fingerprint density at radius 1 is 1.19 bits per heavy atom. The van der Waals surface area contributed by atoms with E-state index in [9.17, 15) is 4.79 Å². The van der Waals surface area contributed by atoms with Crippen molar-refractivity contribution in [3.63, 3.8) is 0 Å². The van der Waals surface area contributed by atoms with Crippen LogP contribution in [0.4, 0.5) is 0 Å². The van der Waals surface area contributed by atoms with Gasteiger partial charge in [0.25, 0.3) is 5.91 Å². The molecule has 1 heterocycles. The molecule has 1 amide bonds. The van der Waals surface area contributed by atoms with E-state index >= 15 is 0 Å². The van der Waals surface area contributed by atoms with Gasteiger partial charge in [-0.15, -0.1) is 0 Å². The van der Waals surface area contributed by atoms with Gasteiger partial charge in [0.05, 0.1) is 24.7 Å². The summed E-state index contributed by atoms with van der Waals surface area (Å²) in [6.45, 7) is 2.57. The van der Waals surface area contributed by atoms with Crippen LogP contribution in [0, 0.1) is 5.92 Å². The number of carbonyl (C=O) groups is 1. The fourth-order valence-corrected chi connectivity index (χ4v) is 3.22. The van der Waals surface area contributed by atoms with E-state index in [0.717, 1.165) is 24.2 Å². The Hall–Kier alpha value is -2.76. The van der Waals surface area contributed by atoms with Gasteiger partial charge in [-0.25, -0.2) is 10.4 Å². The summed E-state index contributed by atoms with van der Waals surface area (Å²) < 4.78 is 5.44. The van der Waals surface area contributed by atoms with Crippen molar-refractivity contribution >= 4 is 12.1 Å². The van der Waals surface area contributed by atoms with E-state index in [1.807, 2.05) is 37.4 Å². The van der Waals surface area contributed by atoms with E-state index in [0.29, 0.717) is 18.2 Å². The smallest absolute Gasteiger partial charge is 0.291 e. The molecule has 0 radical (unpaired) electrons. The van der Waals surface area contributed by atoms with Crippen LogP contribution in [0.25, 0.3) is 11.3 Å². The van der Waals surface area contributed by atoms with E-state index in [1.165, 1.54) is 31.9 Å². The lowest BCUT2D eigenvalue weighted by Crippen LogP contribution is -2.20. The van der Waals surface area contributed by atoms with E-state index in [-0.39, 0.29) is 11.6 Å². The second-order valence-corrected chi connectivity index (χ2v) is 6.72. The van der Waals surface area contributed by atoms with Gasteiger partial charge in [-0.3, -0.25) is 9.78 Å². The van der Waals surface area contributed by atoms with Crippen molar-refractivity contribution in [1.82, 2.24) is 15.4 Å². The molecule has 6 nitrogen and oxygen atoms in total. The van der Waals surface area contributed by atoms with Gasteiger partial charge in [0, 0.05) is 11.8 Å². The number of hydrogen-bond donors (Lipinski definition) is 1. The summed E-state index contributed by atoms with van der Waals surface area (Å²) in [5.41, 5.74) is 4.34. The van der Waals surface area contributed by atoms with E-state index in [1.54, 1.807) is 6.20 Å². The molecule has 1 aromatic carbocycles. The van der Waals surface area contributed by atoms with Gasteiger partial charge in [0.15, 0.2) is 0 Å². The molecule has 3 rings (SSSR count). The molecule has 1 fully saturated rings. The van der Waals surface area contributed by atoms with E-state index < -0.39 is 0 Å². The molecule has 0 bridgehead atoms. The molecule has 0 atom stereocenters. The minimum atomic E-state index is -0.347. The van der Waals surface area contributed by atoms with Gasteiger partial charge in [-0.1, -0.05) is 25.7 Å². The van der Waals surface area contributed by atoms with Crippen LogP contribution in [-0.4, -0.2) is 28.7 Å². The lowest BCUT2D eigenvalue weighted by Gasteiger charge is -2.07. The van der Waals surface area contributed by atoms with Crippen LogP contribution in [0.3, 0.4) is 0 Å². The summed E-state index contributed by atoms with van der Waals surface area (Å²) in [6.07, 6.45) is 12.3. The standard InChI is InChI=1S/C21H26N4O2/c1-2-27-18-11-9-17(10-12-18)19-14-22-15-20(24-19)21(26)25-23-13-16-7-5-3-4-6-8-16/h9-16H,2-8H2,1H3,(H,25,26). The summed E-state index contributed by atoms with van der Waals surface area (Å²) in [7, 11) is 0. The number of nitrogens with one attached hydrogen (secondary N) is 1. The Labute approximate surface area is 160 Å². The van der Waals surface area contributed by atoms with Crippen molar-refractivity contribution in [2.75, 3.05) is 6.61 Å². The minimum absolute atomic E-state index is 0.249. The fraction of sp³-hybridized carbons (Fsp3) is 0.429. The van der Waals surface area contributed by atoms with Gasteiger partial charge in [-0.05, 0) is 49.9 Å². The molecular weight excluding hydrogens is 340 g/mol. The monoisotopic (exact) mass is 366 g/mol.